The zero-order chi connectivity index (χ0) is 22.3. The number of hydrogen-bond acceptors (Lipinski definition) is 5. The van der Waals surface area contributed by atoms with Crippen LogP contribution in [0, 0.1) is 0 Å². The molecule has 0 saturated heterocycles. The molecule has 8 heteroatoms. The number of hydrogen-bond donors (Lipinski definition) is 2. The second kappa shape index (κ2) is 11.4. The highest BCUT2D eigenvalue weighted by Gasteiger charge is 2.25. The minimum Gasteiger partial charge on any atom is -0.489 e. The van der Waals surface area contributed by atoms with Crippen molar-refractivity contribution >= 4 is 34.8 Å². The lowest BCUT2D eigenvalue weighted by Gasteiger charge is -2.27. The van der Waals surface area contributed by atoms with Crippen molar-refractivity contribution in [2.45, 2.75) is 31.5 Å². The predicted octanol–water partition coefficient (Wildman–Crippen LogP) is 4.68. The second-order valence-electron chi connectivity index (χ2n) is 7.45. The first kappa shape index (κ1) is 25.1. The Balaban J connectivity index is 2.16. The number of aliphatic hydroxyl groups excluding tert-OH is 2. The quantitative estimate of drug-likeness (QED) is 0.460. The second-order valence-corrected chi connectivity index (χ2v) is 8.58. The molecular formula is C22H27Cl3O5. The van der Waals surface area contributed by atoms with Gasteiger partial charge in [0.05, 0.1) is 22.5 Å². The van der Waals surface area contributed by atoms with E-state index in [0.717, 1.165) is 11.1 Å². The molecule has 0 amide bonds. The molecule has 0 aromatic heterocycles. The minimum absolute atomic E-state index is 0.0715. The first-order valence-electron chi connectivity index (χ1n) is 9.45. The Morgan fingerprint density at radius 2 is 1.30 bits per heavy atom. The maximum absolute atomic E-state index is 9.73. The van der Waals surface area contributed by atoms with E-state index in [0.29, 0.717) is 21.5 Å². The van der Waals surface area contributed by atoms with Crippen molar-refractivity contribution in [2.75, 3.05) is 32.8 Å². The third-order valence-corrected chi connectivity index (χ3v) is 5.65. The van der Waals surface area contributed by atoms with Crippen LogP contribution in [-0.2, 0) is 10.2 Å². The number of alkyl halides is 1. The van der Waals surface area contributed by atoms with Crippen molar-refractivity contribution in [3.63, 3.8) is 0 Å². The number of halogens is 3. The number of methoxy groups -OCH3 is 1. The van der Waals surface area contributed by atoms with Crippen LogP contribution in [0.4, 0.5) is 0 Å². The Morgan fingerprint density at radius 1 is 0.833 bits per heavy atom. The van der Waals surface area contributed by atoms with Crippen LogP contribution in [0.25, 0.3) is 0 Å². The van der Waals surface area contributed by atoms with Gasteiger partial charge in [0.1, 0.15) is 36.9 Å². The summed E-state index contributed by atoms with van der Waals surface area (Å²) in [5.41, 5.74) is 1.55. The average Bonchev–Trinajstić information content (AvgIpc) is 2.71. The first-order chi connectivity index (χ1) is 14.2. The molecule has 0 fully saturated rings. The van der Waals surface area contributed by atoms with E-state index in [-0.39, 0.29) is 25.7 Å². The molecule has 0 unspecified atom stereocenters. The van der Waals surface area contributed by atoms with Crippen molar-refractivity contribution in [2.24, 2.45) is 0 Å². The summed E-state index contributed by atoms with van der Waals surface area (Å²) in [5.74, 6) is 1.07. The highest BCUT2D eigenvalue weighted by molar-refractivity contribution is 6.32. The Bertz CT molecular complexity index is 828. The van der Waals surface area contributed by atoms with Gasteiger partial charge >= 0.3 is 0 Å². The Hall–Kier alpha value is -1.21. The molecule has 0 radical (unpaired) electrons. The van der Waals surface area contributed by atoms with Crippen molar-refractivity contribution in [3.8, 4) is 11.5 Å². The highest BCUT2D eigenvalue weighted by Crippen LogP contribution is 2.38. The molecule has 2 N–H and O–H groups in total. The van der Waals surface area contributed by atoms with Crippen LogP contribution < -0.4 is 9.47 Å². The van der Waals surface area contributed by atoms with Gasteiger partial charge in [-0.1, -0.05) is 49.2 Å². The summed E-state index contributed by atoms with van der Waals surface area (Å²) in [6.07, 6.45) is -1.48. The topological polar surface area (TPSA) is 68.2 Å². The fourth-order valence-corrected chi connectivity index (χ4v) is 3.40. The Labute approximate surface area is 192 Å². The molecule has 30 heavy (non-hydrogen) atoms. The van der Waals surface area contributed by atoms with Gasteiger partial charge in [0.15, 0.2) is 0 Å². The summed E-state index contributed by atoms with van der Waals surface area (Å²) >= 11 is 18.4. The monoisotopic (exact) mass is 476 g/mol. The van der Waals surface area contributed by atoms with E-state index in [9.17, 15) is 10.2 Å². The van der Waals surface area contributed by atoms with E-state index in [2.05, 4.69) is 13.8 Å². The van der Waals surface area contributed by atoms with Crippen LogP contribution in [0.3, 0.4) is 0 Å². The molecule has 2 aromatic rings. The fraction of sp³-hybridized carbons (Fsp3) is 0.455. The third kappa shape index (κ3) is 6.64. The Kier molecular flexibility index (Phi) is 9.54. The Morgan fingerprint density at radius 3 is 1.70 bits per heavy atom. The smallest absolute Gasteiger partial charge is 0.138 e. The number of ether oxygens (including phenoxy) is 3. The van der Waals surface area contributed by atoms with Gasteiger partial charge in [-0.15, -0.1) is 11.6 Å². The van der Waals surface area contributed by atoms with Gasteiger partial charge < -0.3 is 24.4 Å². The van der Waals surface area contributed by atoms with Crippen LogP contribution in [0.1, 0.15) is 25.0 Å². The SMILES string of the molecule is COC[C@H](O)COc1ccc(C(C)(C)c2ccc(OC[C@@H](O)CCl)c(Cl)c2)cc1Cl. The lowest BCUT2D eigenvalue weighted by atomic mass is 9.78. The molecule has 2 rings (SSSR count). The van der Waals surface area contributed by atoms with E-state index in [1.807, 2.05) is 24.3 Å². The molecule has 2 aromatic carbocycles. The predicted molar refractivity (Wildman–Crippen MR) is 121 cm³/mol. The van der Waals surface area contributed by atoms with Crippen LogP contribution in [0.2, 0.25) is 10.0 Å². The van der Waals surface area contributed by atoms with E-state index in [1.165, 1.54) is 7.11 Å². The summed E-state index contributed by atoms with van der Waals surface area (Å²) in [6.45, 7) is 4.47. The van der Waals surface area contributed by atoms with Gasteiger partial charge in [-0.3, -0.25) is 0 Å². The molecular weight excluding hydrogens is 451 g/mol. The van der Waals surface area contributed by atoms with Gasteiger partial charge in [-0.25, -0.2) is 0 Å². The largest absolute Gasteiger partial charge is 0.489 e. The summed E-state index contributed by atoms with van der Waals surface area (Å²) in [4.78, 5) is 0. The normalized spacial score (nSPS) is 13.7. The lowest BCUT2D eigenvalue weighted by Crippen LogP contribution is -2.23. The zero-order valence-electron chi connectivity index (χ0n) is 17.2. The van der Waals surface area contributed by atoms with Gasteiger partial charge in [-0.05, 0) is 35.4 Å². The van der Waals surface area contributed by atoms with Gasteiger partial charge in [0, 0.05) is 12.5 Å². The third-order valence-electron chi connectivity index (χ3n) is 4.71. The molecule has 0 aliphatic carbocycles. The van der Waals surface area contributed by atoms with E-state index >= 15 is 0 Å². The fourth-order valence-electron chi connectivity index (χ4n) is 2.84. The molecule has 2 atom stereocenters. The number of rotatable bonds is 11. The molecule has 0 aliphatic rings. The first-order valence-corrected chi connectivity index (χ1v) is 10.7. The van der Waals surface area contributed by atoms with Crippen LogP contribution in [0.5, 0.6) is 11.5 Å². The number of benzene rings is 2. The van der Waals surface area contributed by atoms with Gasteiger partial charge in [0.25, 0.3) is 0 Å². The maximum atomic E-state index is 9.73. The highest BCUT2D eigenvalue weighted by atomic mass is 35.5. The molecule has 0 saturated carbocycles. The molecule has 0 spiro atoms. The van der Waals surface area contributed by atoms with Gasteiger partial charge in [-0.2, -0.15) is 0 Å². The average molecular weight is 478 g/mol. The standard InChI is InChI=1S/C22H27Cl3O5/c1-22(2,14-4-6-20(18(24)8-14)29-12-16(26)10-23)15-5-7-21(19(25)9-15)30-13-17(27)11-28-3/h4-9,16-17,26-27H,10-13H2,1-3H3/t16-,17-/m0/s1. The molecule has 166 valence electrons. The molecule has 0 aliphatic heterocycles. The van der Waals surface area contributed by atoms with Crippen molar-refractivity contribution < 1.29 is 24.4 Å². The summed E-state index contributed by atoms with van der Waals surface area (Å²) < 4.78 is 16.0. The van der Waals surface area contributed by atoms with Crippen LogP contribution in [0.15, 0.2) is 36.4 Å². The molecule has 0 heterocycles. The zero-order valence-corrected chi connectivity index (χ0v) is 19.5. The van der Waals surface area contributed by atoms with Crippen LogP contribution in [-0.4, -0.2) is 55.2 Å². The summed E-state index contributed by atoms with van der Waals surface area (Å²) in [6, 6.07) is 11.1. The van der Waals surface area contributed by atoms with Crippen molar-refractivity contribution in [1.29, 1.82) is 0 Å². The minimum atomic E-state index is -0.752. The molecule has 0 bridgehead atoms. The van der Waals surface area contributed by atoms with Crippen molar-refractivity contribution in [1.82, 2.24) is 0 Å². The molecule has 5 nitrogen and oxygen atoms in total. The summed E-state index contributed by atoms with van der Waals surface area (Å²) in [5, 5.41) is 20.2. The van der Waals surface area contributed by atoms with E-state index < -0.39 is 17.6 Å². The lowest BCUT2D eigenvalue weighted by molar-refractivity contribution is 0.0326. The van der Waals surface area contributed by atoms with E-state index in [1.54, 1.807) is 12.1 Å². The van der Waals surface area contributed by atoms with E-state index in [4.69, 9.17) is 49.0 Å². The number of aliphatic hydroxyl groups is 2. The van der Waals surface area contributed by atoms with Crippen molar-refractivity contribution in [3.05, 3.63) is 57.6 Å². The summed E-state index contributed by atoms with van der Waals surface area (Å²) in [7, 11) is 1.52. The maximum Gasteiger partial charge on any atom is 0.138 e. The van der Waals surface area contributed by atoms with Crippen LogP contribution >= 0.6 is 34.8 Å². The van der Waals surface area contributed by atoms with Gasteiger partial charge in [0.2, 0.25) is 0 Å².